The van der Waals surface area contributed by atoms with Crippen LogP contribution in [0.1, 0.15) is 44.2 Å². The van der Waals surface area contributed by atoms with Gasteiger partial charge in [0.25, 0.3) is 0 Å². The lowest BCUT2D eigenvalue weighted by Gasteiger charge is -2.33. The SMILES string of the molecule is C=C1NC(=O)N[C@@H](c2ccccc2F)[C@@H]1C(=O)OCCCCCC. The van der Waals surface area contributed by atoms with Gasteiger partial charge in [-0.2, -0.15) is 0 Å². The number of hydrogen-bond acceptors (Lipinski definition) is 3. The fourth-order valence-electron chi connectivity index (χ4n) is 2.74. The third-order valence-corrected chi connectivity index (χ3v) is 4.01. The topological polar surface area (TPSA) is 67.4 Å². The summed E-state index contributed by atoms with van der Waals surface area (Å²) in [5, 5.41) is 5.07. The highest BCUT2D eigenvalue weighted by Gasteiger charge is 2.39. The van der Waals surface area contributed by atoms with Crippen LogP contribution in [0.3, 0.4) is 0 Å². The average molecular weight is 334 g/mol. The van der Waals surface area contributed by atoms with Crippen LogP contribution in [0, 0.1) is 11.7 Å². The van der Waals surface area contributed by atoms with E-state index in [0.717, 1.165) is 25.7 Å². The maximum atomic E-state index is 14.1. The van der Waals surface area contributed by atoms with E-state index in [9.17, 15) is 14.0 Å². The minimum Gasteiger partial charge on any atom is -0.465 e. The van der Waals surface area contributed by atoms with Gasteiger partial charge < -0.3 is 15.4 Å². The number of urea groups is 1. The Morgan fingerprint density at radius 2 is 2.04 bits per heavy atom. The molecule has 1 aromatic rings. The number of amides is 2. The van der Waals surface area contributed by atoms with Crippen molar-refractivity contribution in [2.75, 3.05) is 6.61 Å². The van der Waals surface area contributed by atoms with Crippen molar-refractivity contribution in [3.63, 3.8) is 0 Å². The Balaban J connectivity index is 2.11. The van der Waals surface area contributed by atoms with Gasteiger partial charge in [0.05, 0.1) is 12.6 Å². The number of benzene rings is 1. The lowest BCUT2D eigenvalue weighted by molar-refractivity contribution is -0.148. The zero-order valence-electron chi connectivity index (χ0n) is 13.8. The van der Waals surface area contributed by atoms with Crippen LogP contribution in [0.4, 0.5) is 9.18 Å². The summed E-state index contributed by atoms with van der Waals surface area (Å²) in [6, 6.07) is 4.69. The molecule has 0 unspecified atom stereocenters. The molecule has 2 atom stereocenters. The van der Waals surface area contributed by atoms with E-state index in [0.29, 0.717) is 6.61 Å². The van der Waals surface area contributed by atoms with Crippen molar-refractivity contribution in [3.05, 3.63) is 47.9 Å². The number of rotatable bonds is 7. The van der Waals surface area contributed by atoms with Crippen LogP contribution in [0.5, 0.6) is 0 Å². The number of carbonyl (C=O) groups excluding carboxylic acids is 2. The fraction of sp³-hybridized carbons (Fsp3) is 0.444. The lowest BCUT2D eigenvalue weighted by Crippen LogP contribution is -2.51. The Hall–Kier alpha value is -2.37. The monoisotopic (exact) mass is 334 g/mol. The maximum Gasteiger partial charge on any atom is 0.319 e. The Morgan fingerprint density at radius 1 is 1.29 bits per heavy atom. The molecule has 0 aromatic heterocycles. The van der Waals surface area contributed by atoms with Crippen LogP contribution in [-0.4, -0.2) is 18.6 Å². The zero-order chi connectivity index (χ0) is 17.5. The minimum absolute atomic E-state index is 0.213. The molecule has 1 aliphatic rings. The van der Waals surface area contributed by atoms with Gasteiger partial charge >= 0.3 is 12.0 Å². The van der Waals surface area contributed by atoms with Crippen LogP contribution < -0.4 is 10.6 Å². The number of halogens is 1. The smallest absolute Gasteiger partial charge is 0.319 e. The molecule has 0 saturated carbocycles. The molecule has 130 valence electrons. The second-order valence-electron chi connectivity index (χ2n) is 5.83. The van der Waals surface area contributed by atoms with Crippen molar-refractivity contribution in [1.82, 2.24) is 10.6 Å². The molecule has 24 heavy (non-hydrogen) atoms. The highest BCUT2D eigenvalue weighted by atomic mass is 19.1. The van der Waals surface area contributed by atoms with Gasteiger partial charge in [0.15, 0.2) is 0 Å². The van der Waals surface area contributed by atoms with Crippen molar-refractivity contribution in [2.45, 2.75) is 38.6 Å². The number of nitrogens with one attached hydrogen (secondary N) is 2. The molecule has 1 aliphatic heterocycles. The van der Waals surface area contributed by atoms with E-state index in [4.69, 9.17) is 4.74 Å². The normalized spacial score (nSPS) is 20.2. The molecular formula is C18H23FN2O3. The quantitative estimate of drug-likeness (QED) is 0.593. The molecule has 0 radical (unpaired) electrons. The van der Waals surface area contributed by atoms with Gasteiger partial charge in [0.1, 0.15) is 11.7 Å². The number of hydrogen-bond donors (Lipinski definition) is 2. The standard InChI is InChI=1S/C18H23FN2O3/c1-3-4-5-8-11-24-17(22)15-12(2)20-18(23)21-16(15)13-9-6-7-10-14(13)19/h6-7,9-10,15-16H,2-5,8,11H2,1H3,(H2,20,21,23)/t15-,16+/m1/s1. The fourth-order valence-corrected chi connectivity index (χ4v) is 2.74. The molecule has 1 heterocycles. The van der Waals surface area contributed by atoms with Gasteiger partial charge in [-0.3, -0.25) is 4.79 Å². The molecule has 5 nitrogen and oxygen atoms in total. The van der Waals surface area contributed by atoms with Crippen molar-refractivity contribution < 1.29 is 18.7 Å². The molecule has 2 N–H and O–H groups in total. The van der Waals surface area contributed by atoms with E-state index in [1.807, 2.05) is 0 Å². The highest BCUT2D eigenvalue weighted by molar-refractivity contribution is 5.85. The summed E-state index contributed by atoms with van der Waals surface area (Å²) in [6.07, 6.45) is 3.95. The maximum absolute atomic E-state index is 14.1. The molecule has 0 bridgehead atoms. The second-order valence-corrected chi connectivity index (χ2v) is 5.83. The third kappa shape index (κ3) is 4.34. The van der Waals surface area contributed by atoms with Crippen molar-refractivity contribution in [3.8, 4) is 0 Å². The minimum atomic E-state index is -0.870. The van der Waals surface area contributed by atoms with Crippen molar-refractivity contribution >= 4 is 12.0 Å². The summed E-state index contributed by atoms with van der Waals surface area (Å²) in [5.74, 6) is -1.87. The Bertz CT molecular complexity index is 618. The van der Waals surface area contributed by atoms with E-state index >= 15 is 0 Å². The van der Waals surface area contributed by atoms with E-state index in [-0.39, 0.29) is 11.3 Å². The number of esters is 1. The molecule has 1 saturated heterocycles. The van der Waals surface area contributed by atoms with Crippen molar-refractivity contribution in [1.29, 1.82) is 0 Å². The summed E-state index contributed by atoms with van der Waals surface area (Å²) in [6.45, 7) is 6.14. The molecule has 2 amide bonds. The van der Waals surface area contributed by atoms with Crippen LogP contribution in [0.2, 0.25) is 0 Å². The van der Waals surface area contributed by atoms with Crippen LogP contribution in [0.15, 0.2) is 36.5 Å². The highest BCUT2D eigenvalue weighted by Crippen LogP contribution is 2.31. The molecule has 0 spiro atoms. The molecular weight excluding hydrogens is 311 g/mol. The first-order valence-electron chi connectivity index (χ1n) is 8.22. The molecule has 0 aliphatic carbocycles. The second kappa shape index (κ2) is 8.47. The van der Waals surface area contributed by atoms with E-state index < -0.39 is 29.8 Å². The first-order valence-corrected chi connectivity index (χ1v) is 8.22. The molecule has 6 heteroatoms. The Morgan fingerprint density at radius 3 is 2.75 bits per heavy atom. The summed E-state index contributed by atoms with van der Waals surface area (Å²) < 4.78 is 19.4. The zero-order valence-corrected chi connectivity index (χ0v) is 13.8. The third-order valence-electron chi connectivity index (χ3n) is 4.01. The Labute approximate surface area is 141 Å². The Kier molecular flexibility index (Phi) is 6.35. The largest absolute Gasteiger partial charge is 0.465 e. The summed E-state index contributed by atoms with van der Waals surface area (Å²) in [5.41, 5.74) is 0.451. The van der Waals surface area contributed by atoms with E-state index in [2.05, 4.69) is 24.1 Å². The summed E-state index contributed by atoms with van der Waals surface area (Å²) in [4.78, 5) is 24.2. The summed E-state index contributed by atoms with van der Waals surface area (Å²) >= 11 is 0. The van der Waals surface area contributed by atoms with Gasteiger partial charge in [0, 0.05) is 11.3 Å². The first kappa shape index (κ1) is 18.0. The van der Waals surface area contributed by atoms with Gasteiger partial charge in [-0.25, -0.2) is 9.18 Å². The van der Waals surface area contributed by atoms with Crippen LogP contribution >= 0.6 is 0 Å². The summed E-state index contributed by atoms with van der Waals surface area (Å²) in [7, 11) is 0. The molecule has 1 fully saturated rings. The number of carbonyl (C=O) groups is 2. The predicted molar refractivity (Wildman–Crippen MR) is 88.5 cm³/mol. The molecule has 1 aromatic carbocycles. The van der Waals surface area contributed by atoms with Gasteiger partial charge in [-0.1, -0.05) is 51.0 Å². The molecule has 2 rings (SSSR count). The van der Waals surface area contributed by atoms with Gasteiger partial charge in [-0.05, 0) is 12.5 Å². The first-order chi connectivity index (χ1) is 11.5. The van der Waals surface area contributed by atoms with Gasteiger partial charge in [0.2, 0.25) is 0 Å². The van der Waals surface area contributed by atoms with E-state index in [1.165, 1.54) is 6.07 Å². The average Bonchev–Trinajstić information content (AvgIpc) is 2.54. The van der Waals surface area contributed by atoms with Gasteiger partial charge in [-0.15, -0.1) is 0 Å². The predicted octanol–water partition coefficient (Wildman–Crippen LogP) is 3.43. The lowest BCUT2D eigenvalue weighted by atomic mass is 9.89. The van der Waals surface area contributed by atoms with Crippen LogP contribution in [-0.2, 0) is 9.53 Å². The van der Waals surface area contributed by atoms with E-state index in [1.54, 1.807) is 18.2 Å². The van der Waals surface area contributed by atoms with Crippen LogP contribution in [0.25, 0.3) is 0 Å². The number of ether oxygens (including phenoxy) is 1. The number of unbranched alkanes of at least 4 members (excludes halogenated alkanes) is 3. The van der Waals surface area contributed by atoms with Crippen molar-refractivity contribution in [2.24, 2.45) is 5.92 Å².